The number of aryl methyl sites for hydroxylation is 1. The van der Waals surface area contributed by atoms with E-state index in [1.165, 1.54) is 0 Å². The molecule has 0 spiro atoms. The van der Waals surface area contributed by atoms with Crippen molar-refractivity contribution in [3.63, 3.8) is 0 Å². The Morgan fingerprint density at radius 3 is 2.73 bits per heavy atom. The number of hydrogen-bond donors (Lipinski definition) is 0. The van der Waals surface area contributed by atoms with E-state index in [1.807, 2.05) is 42.6 Å². The number of pyridine rings is 3. The van der Waals surface area contributed by atoms with Gasteiger partial charge in [-0.1, -0.05) is 18.5 Å². The van der Waals surface area contributed by atoms with Gasteiger partial charge in [0.05, 0.1) is 5.52 Å². The Morgan fingerprint density at radius 1 is 1.12 bits per heavy atom. The number of carbonyl (C=O) groups excluding carboxylic acids is 1. The monoisotopic (exact) mass is 364 g/mol. The molecule has 0 aliphatic heterocycles. The quantitative estimate of drug-likeness (QED) is 0.382. The Morgan fingerprint density at radius 2 is 1.96 bits per heavy atom. The summed E-state index contributed by atoms with van der Waals surface area (Å²) in [5, 5.41) is 1.40. The molecule has 4 heterocycles. The van der Waals surface area contributed by atoms with E-state index in [2.05, 4.69) is 15.0 Å². The molecule has 4 rings (SSSR count). The highest BCUT2D eigenvalue weighted by molar-refractivity contribution is 6.30. The first-order valence-electron chi connectivity index (χ1n) is 8.50. The SMILES string of the molecule is CCCC(=O)c1cc(C)c(-c2cc3cnc(Cl)cc3n3ccnc23)cn1. The zero-order valence-electron chi connectivity index (χ0n) is 14.5. The maximum absolute atomic E-state index is 12.1. The summed E-state index contributed by atoms with van der Waals surface area (Å²) in [6.07, 6.45) is 8.50. The van der Waals surface area contributed by atoms with Gasteiger partial charge in [-0.2, -0.15) is 0 Å². The Hall–Kier alpha value is -2.79. The number of rotatable bonds is 4. The molecule has 4 aromatic heterocycles. The maximum atomic E-state index is 12.1. The van der Waals surface area contributed by atoms with E-state index in [1.54, 1.807) is 18.6 Å². The fourth-order valence-electron chi connectivity index (χ4n) is 3.21. The Balaban J connectivity index is 1.92. The van der Waals surface area contributed by atoms with Crippen LogP contribution < -0.4 is 0 Å². The highest BCUT2D eigenvalue weighted by Gasteiger charge is 2.15. The van der Waals surface area contributed by atoms with Crippen LogP contribution in [0.4, 0.5) is 0 Å². The first-order valence-corrected chi connectivity index (χ1v) is 8.88. The standard InChI is InChI=1S/C20H17ClN4O/c1-3-4-18(26)16-7-12(2)15(11-23-16)14-8-13-10-24-19(21)9-17(13)25-6-5-22-20(14)25/h5-11H,3-4H2,1-2H3. The van der Waals surface area contributed by atoms with Crippen molar-refractivity contribution < 1.29 is 4.79 Å². The van der Waals surface area contributed by atoms with Crippen molar-refractivity contribution >= 4 is 33.9 Å². The predicted molar refractivity (Wildman–Crippen MR) is 103 cm³/mol. The molecule has 0 N–H and O–H groups in total. The molecule has 0 bridgehead atoms. The van der Waals surface area contributed by atoms with E-state index in [9.17, 15) is 4.79 Å². The van der Waals surface area contributed by atoms with Crippen LogP contribution in [-0.4, -0.2) is 25.1 Å². The van der Waals surface area contributed by atoms with Crippen LogP contribution in [0.3, 0.4) is 0 Å². The lowest BCUT2D eigenvalue weighted by Gasteiger charge is -2.11. The minimum absolute atomic E-state index is 0.0745. The number of aromatic nitrogens is 4. The number of fused-ring (bicyclic) bond motifs is 3. The smallest absolute Gasteiger partial charge is 0.181 e. The summed E-state index contributed by atoms with van der Waals surface area (Å²) in [6, 6.07) is 5.72. The molecule has 0 fully saturated rings. The van der Waals surface area contributed by atoms with Gasteiger partial charge in [0.25, 0.3) is 0 Å². The third-order valence-corrected chi connectivity index (χ3v) is 4.69. The first-order chi connectivity index (χ1) is 12.6. The van der Waals surface area contributed by atoms with E-state index in [0.717, 1.165) is 39.7 Å². The number of imidazole rings is 1. The van der Waals surface area contributed by atoms with E-state index < -0.39 is 0 Å². The first kappa shape index (κ1) is 16.7. The third kappa shape index (κ3) is 2.74. The van der Waals surface area contributed by atoms with Crippen molar-refractivity contribution in [1.82, 2.24) is 19.4 Å². The second-order valence-corrected chi connectivity index (χ2v) is 6.69. The van der Waals surface area contributed by atoms with Gasteiger partial charge in [0, 0.05) is 53.8 Å². The molecular formula is C20H17ClN4O. The maximum Gasteiger partial charge on any atom is 0.181 e. The van der Waals surface area contributed by atoms with Gasteiger partial charge in [0.1, 0.15) is 16.5 Å². The van der Waals surface area contributed by atoms with Crippen LogP contribution in [0.5, 0.6) is 0 Å². The fourth-order valence-corrected chi connectivity index (χ4v) is 3.36. The van der Waals surface area contributed by atoms with Gasteiger partial charge in [-0.05, 0) is 31.0 Å². The number of Topliss-reactive ketones (excluding diaryl/α,β-unsaturated/α-hetero) is 1. The van der Waals surface area contributed by atoms with Crippen molar-refractivity contribution in [3.8, 4) is 11.1 Å². The average Bonchev–Trinajstić information content (AvgIpc) is 3.12. The summed E-state index contributed by atoms with van der Waals surface area (Å²) in [5.74, 6) is 0.0745. The van der Waals surface area contributed by atoms with Crippen LogP contribution in [0.1, 0.15) is 35.8 Å². The summed E-state index contributed by atoms with van der Waals surface area (Å²) < 4.78 is 1.99. The number of carbonyl (C=O) groups is 1. The number of halogens is 1. The van der Waals surface area contributed by atoms with Gasteiger partial charge in [-0.15, -0.1) is 0 Å². The summed E-state index contributed by atoms with van der Waals surface area (Å²) in [7, 11) is 0. The van der Waals surface area contributed by atoms with Gasteiger partial charge in [0.15, 0.2) is 5.78 Å². The van der Waals surface area contributed by atoms with E-state index >= 15 is 0 Å². The Kier molecular flexibility index (Phi) is 4.17. The van der Waals surface area contributed by atoms with E-state index in [0.29, 0.717) is 17.3 Å². The van der Waals surface area contributed by atoms with E-state index in [4.69, 9.17) is 11.6 Å². The molecule has 0 amide bonds. The molecule has 0 saturated carbocycles. The lowest BCUT2D eigenvalue weighted by Crippen LogP contribution is -2.03. The van der Waals surface area contributed by atoms with Gasteiger partial charge in [-0.25, -0.2) is 9.97 Å². The van der Waals surface area contributed by atoms with Crippen molar-refractivity contribution in [3.05, 3.63) is 59.4 Å². The average molecular weight is 365 g/mol. The molecule has 26 heavy (non-hydrogen) atoms. The molecular weight excluding hydrogens is 348 g/mol. The van der Waals surface area contributed by atoms with Crippen LogP contribution in [0, 0.1) is 6.92 Å². The van der Waals surface area contributed by atoms with Crippen molar-refractivity contribution in [2.24, 2.45) is 0 Å². The third-order valence-electron chi connectivity index (χ3n) is 4.48. The molecule has 0 atom stereocenters. The molecule has 0 unspecified atom stereocenters. The molecule has 0 saturated heterocycles. The van der Waals surface area contributed by atoms with Crippen molar-refractivity contribution in [2.75, 3.05) is 0 Å². The minimum Gasteiger partial charge on any atom is -0.299 e. The normalized spacial score (nSPS) is 11.3. The van der Waals surface area contributed by atoms with E-state index in [-0.39, 0.29) is 5.78 Å². The molecule has 0 aromatic carbocycles. The molecule has 0 aliphatic carbocycles. The lowest BCUT2D eigenvalue weighted by molar-refractivity contribution is 0.0977. The van der Waals surface area contributed by atoms with Gasteiger partial charge in [-0.3, -0.25) is 14.2 Å². The Labute approximate surface area is 155 Å². The Bertz CT molecular complexity index is 1150. The topological polar surface area (TPSA) is 60.2 Å². The van der Waals surface area contributed by atoms with Crippen LogP contribution in [0.25, 0.3) is 27.7 Å². The fraction of sp³-hybridized carbons (Fsp3) is 0.200. The molecule has 4 aromatic rings. The molecule has 0 aliphatic rings. The molecule has 5 nitrogen and oxygen atoms in total. The van der Waals surface area contributed by atoms with Crippen LogP contribution in [0.15, 0.2) is 43.0 Å². The molecule has 0 radical (unpaired) electrons. The predicted octanol–water partition coefficient (Wildman–Crippen LogP) is 4.89. The number of nitrogens with zero attached hydrogens (tertiary/aromatic N) is 4. The zero-order chi connectivity index (χ0) is 18.3. The summed E-state index contributed by atoms with van der Waals surface area (Å²) in [6.45, 7) is 3.98. The summed E-state index contributed by atoms with van der Waals surface area (Å²) in [5.41, 5.74) is 5.17. The van der Waals surface area contributed by atoms with Crippen molar-refractivity contribution in [2.45, 2.75) is 26.7 Å². The van der Waals surface area contributed by atoms with Gasteiger partial charge >= 0.3 is 0 Å². The summed E-state index contributed by atoms with van der Waals surface area (Å²) >= 11 is 6.05. The number of hydrogen-bond acceptors (Lipinski definition) is 4. The van der Waals surface area contributed by atoms with Crippen molar-refractivity contribution in [1.29, 1.82) is 0 Å². The van der Waals surface area contributed by atoms with Crippen LogP contribution in [0.2, 0.25) is 5.15 Å². The number of ketones is 1. The summed E-state index contributed by atoms with van der Waals surface area (Å²) in [4.78, 5) is 25.2. The van der Waals surface area contributed by atoms with Crippen LogP contribution in [-0.2, 0) is 0 Å². The van der Waals surface area contributed by atoms with Gasteiger partial charge in [0.2, 0.25) is 0 Å². The highest BCUT2D eigenvalue weighted by Crippen LogP contribution is 2.31. The second-order valence-electron chi connectivity index (χ2n) is 6.30. The highest BCUT2D eigenvalue weighted by atomic mass is 35.5. The second kappa shape index (κ2) is 6.50. The molecule has 6 heteroatoms. The lowest BCUT2D eigenvalue weighted by atomic mass is 10.0. The van der Waals surface area contributed by atoms with Crippen LogP contribution >= 0.6 is 11.6 Å². The zero-order valence-corrected chi connectivity index (χ0v) is 15.3. The largest absolute Gasteiger partial charge is 0.299 e. The van der Waals surface area contributed by atoms with Gasteiger partial charge < -0.3 is 0 Å². The minimum atomic E-state index is 0.0745. The molecule has 130 valence electrons.